The van der Waals surface area contributed by atoms with Gasteiger partial charge >= 0.3 is 0 Å². The molecule has 1 aromatic carbocycles. The minimum absolute atomic E-state index is 0.539. The molecule has 1 N–H and O–H groups in total. The summed E-state index contributed by atoms with van der Waals surface area (Å²) in [4.78, 5) is 0. The predicted octanol–water partition coefficient (Wildman–Crippen LogP) is 4.36. The van der Waals surface area contributed by atoms with E-state index in [1.165, 1.54) is 12.0 Å². The molecular formula is C17H29NO. The van der Waals surface area contributed by atoms with Gasteiger partial charge in [0.05, 0.1) is 6.61 Å². The molecule has 0 aliphatic rings. The summed E-state index contributed by atoms with van der Waals surface area (Å²) in [5.41, 5.74) is 1.39. The lowest BCUT2D eigenvalue weighted by Crippen LogP contribution is -2.33. The molecule has 0 saturated carbocycles. The second kappa shape index (κ2) is 8.98. The van der Waals surface area contributed by atoms with E-state index >= 15 is 0 Å². The summed E-state index contributed by atoms with van der Waals surface area (Å²) in [6, 6.07) is 9.14. The van der Waals surface area contributed by atoms with Crippen LogP contribution in [0.4, 0.5) is 0 Å². The van der Waals surface area contributed by atoms with Gasteiger partial charge in [0.15, 0.2) is 0 Å². The average Bonchev–Trinajstić information content (AvgIpc) is 2.46. The number of hydrogen-bond donors (Lipinski definition) is 1. The van der Waals surface area contributed by atoms with Gasteiger partial charge in [0.1, 0.15) is 5.75 Å². The lowest BCUT2D eigenvalue weighted by Gasteiger charge is -2.24. The van der Waals surface area contributed by atoms with Crippen LogP contribution >= 0.6 is 0 Å². The molecule has 0 aliphatic carbocycles. The predicted molar refractivity (Wildman–Crippen MR) is 83.0 cm³/mol. The third-order valence-corrected chi connectivity index (χ3v) is 3.58. The van der Waals surface area contributed by atoms with Gasteiger partial charge in [-0.05, 0) is 49.4 Å². The Labute approximate surface area is 118 Å². The molecule has 1 aromatic rings. The fraction of sp³-hybridized carbons (Fsp3) is 0.647. The highest BCUT2D eigenvalue weighted by Gasteiger charge is 2.16. The first-order valence-corrected chi connectivity index (χ1v) is 7.69. The molecule has 0 bridgehead atoms. The van der Waals surface area contributed by atoms with Crippen molar-refractivity contribution >= 4 is 0 Å². The first-order valence-electron chi connectivity index (χ1n) is 7.69. The van der Waals surface area contributed by atoms with Gasteiger partial charge in [-0.3, -0.25) is 0 Å². The lowest BCUT2D eigenvalue weighted by molar-refractivity contribution is 0.317. The highest BCUT2D eigenvalue weighted by Crippen LogP contribution is 2.23. The van der Waals surface area contributed by atoms with Crippen LogP contribution in [0, 0.1) is 0 Å². The summed E-state index contributed by atoms with van der Waals surface area (Å²) in [5, 5.41) is 3.63. The van der Waals surface area contributed by atoms with E-state index in [-0.39, 0.29) is 0 Å². The molecule has 2 atom stereocenters. The molecule has 0 saturated heterocycles. The zero-order valence-electron chi connectivity index (χ0n) is 12.9. The fourth-order valence-corrected chi connectivity index (χ4v) is 2.32. The van der Waals surface area contributed by atoms with Crippen LogP contribution in [0.15, 0.2) is 24.3 Å². The molecule has 2 unspecified atom stereocenters. The summed E-state index contributed by atoms with van der Waals surface area (Å²) < 4.78 is 5.63. The Morgan fingerprint density at radius 2 is 1.74 bits per heavy atom. The van der Waals surface area contributed by atoms with E-state index in [1.54, 1.807) is 0 Å². The van der Waals surface area contributed by atoms with Crippen molar-refractivity contribution in [3.05, 3.63) is 29.8 Å². The van der Waals surface area contributed by atoms with Crippen LogP contribution in [-0.2, 0) is 0 Å². The third-order valence-electron chi connectivity index (χ3n) is 3.58. The number of benzene rings is 1. The van der Waals surface area contributed by atoms with E-state index in [0.717, 1.165) is 31.7 Å². The largest absolute Gasteiger partial charge is 0.494 e. The molecule has 0 spiro atoms. The maximum absolute atomic E-state index is 5.63. The standard InChI is InChI=1S/C17H29NO/c1-5-12-18-17(7-3)14(4)15-8-10-16(11-9-15)19-13-6-2/h8-11,14,17-18H,5-7,12-13H2,1-4H3. The minimum atomic E-state index is 0.539. The van der Waals surface area contributed by atoms with Crippen LogP contribution in [0.1, 0.15) is 58.4 Å². The summed E-state index contributed by atoms with van der Waals surface area (Å²) in [5.74, 6) is 1.52. The molecule has 108 valence electrons. The molecule has 0 heterocycles. The molecule has 0 aromatic heterocycles. The van der Waals surface area contributed by atoms with Crippen LogP contribution in [0.3, 0.4) is 0 Å². The topological polar surface area (TPSA) is 21.3 Å². The summed E-state index contributed by atoms with van der Waals surface area (Å²) >= 11 is 0. The highest BCUT2D eigenvalue weighted by atomic mass is 16.5. The van der Waals surface area contributed by atoms with Crippen LogP contribution in [0.5, 0.6) is 5.75 Å². The Morgan fingerprint density at radius 1 is 1.05 bits per heavy atom. The highest BCUT2D eigenvalue weighted by molar-refractivity contribution is 5.30. The second-order valence-corrected chi connectivity index (χ2v) is 5.18. The van der Waals surface area contributed by atoms with E-state index in [2.05, 4.69) is 57.3 Å². The third kappa shape index (κ3) is 5.23. The molecule has 0 amide bonds. The van der Waals surface area contributed by atoms with Gasteiger partial charge in [0, 0.05) is 6.04 Å². The molecule has 1 rings (SSSR count). The van der Waals surface area contributed by atoms with Crippen molar-refractivity contribution in [2.75, 3.05) is 13.2 Å². The second-order valence-electron chi connectivity index (χ2n) is 5.18. The van der Waals surface area contributed by atoms with E-state index in [0.29, 0.717) is 12.0 Å². The zero-order valence-corrected chi connectivity index (χ0v) is 12.9. The number of hydrogen-bond acceptors (Lipinski definition) is 2. The van der Waals surface area contributed by atoms with E-state index < -0.39 is 0 Å². The maximum atomic E-state index is 5.63. The Balaban J connectivity index is 2.62. The van der Waals surface area contributed by atoms with Crippen molar-refractivity contribution in [1.29, 1.82) is 0 Å². The van der Waals surface area contributed by atoms with E-state index in [9.17, 15) is 0 Å². The Morgan fingerprint density at radius 3 is 2.26 bits per heavy atom. The zero-order chi connectivity index (χ0) is 14.1. The van der Waals surface area contributed by atoms with Gasteiger partial charge in [0.25, 0.3) is 0 Å². The van der Waals surface area contributed by atoms with Crippen molar-refractivity contribution in [3.8, 4) is 5.75 Å². The van der Waals surface area contributed by atoms with Crippen LogP contribution in [0.25, 0.3) is 0 Å². The lowest BCUT2D eigenvalue weighted by atomic mass is 9.91. The smallest absolute Gasteiger partial charge is 0.119 e. The number of nitrogens with one attached hydrogen (secondary N) is 1. The quantitative estimate of drug-likeness (QED) is 0.715. The van der Waals surface area contributed by atoms with Gasteiger partial charge in [-0.25, -0.2) is 0 Å². The molecule has 2 heteroatoms. The Hall–Kier alpha value is -1.02. The van der Waals surface area contributed by atoms with Crippen molar-refractivity contribution in [3.63, 3.8) is 0 Å². The molecule has 0 radical (unpaired) electrons. The van der Waals surface area contributed by atoms with Crippen LogP contribution in [0.2, 0.25) is 0 Å². The molecule has 0 aliphatic heterocycles. The van der Waals surface area contributed by atoms with Crippen molar-refractivity contribution in [2.24, 2.45) is 0 Å². The van der Waals surface area contributed by atoms with E-state index in [1.807, 2.05) is 0 Å². The van der Waals surface area contributed by atoms with Crippen molar-refractivity contribution in [2.45, 2.75) is 58.9 Å². The van der Waals surface area contributed by atoms with Crippen molar-refractivity contribution in [1.82, 2.24) is 5.32 Å². The summed E-state index contributed by atoms with van der Waals surface area (Å²) in [6.45, 7) is 10.8. The summed E-state index contributed by atoms with van der Waals surface area (Å²) in [6.07, 6.45) is 3.40. The number of rotatable bonds is 9. The van der Waals surface area contributed by atoms with Gasteiger partial charge in [0.2, 0.25) is 0 Å². The van der Waals surface area contributed by atoms with E-state index in [4.69, 9.17) is 4.74 Å². The maximum Gasteiger partial charge on any atom is 0.119 e. The Kier molecular flexibility index (Phi) is 7.57. The minimum Gasteiger partial charge on any atom is -0.494 e. The molecule has 2 nitrogen and oxygen atoms in total. The number of ether oxygens (including phenoxy) is 1. The fourth-order valence-electron chi connectivity index (χ4n) is 2.32. The van der Waals surface area contributed by atoms with Gasteiger partial charge < -0.3 is 10.1 Å². The first-order chi connectivity index (χ1) is 9.22. The van der Waals surface area contributed by atoms with Gasteiger partial charge in [-0.1, -0.05) is 39.8 Å². The SMILES string of the molecule is CCCNC(CC)C(C)c1ccc(OCCC)cc1. The van der Waals surface area contributed by atoms with Crippen LogP contribution < -0.4 is 10.1 Å². The Bertz CT molecular complexity index is 334. The molecule has 0 fully saturated rings. The molecular weight excluding hydrogens is 234 g/mol. The normalized spacial score (nSPS) is 14.1. The van der Waals surface area contributed by atoms with Crippen LogP contribution in [-0.4, -0.2) is 19.2 Å². The first kappa shape index (κ1) is 16.0. The molecule has 19 heavy (non-hydrogen) atoms. The summed E-state index contributed by atoms with van der Waals surface area (Å²) in [7, 11) is 0. The monoisotopic (exact) mass is 263 g/mol. The van der Waals surface area contributed by atoms with Gasteiger partial charge in [-0.2, -0.15) is 0 Å². The van der Waals surface area contributed by atoms with Crippen molar-refractivity contribution < 1.29 is 4.74 Å². The average molecular weight is 263 g/mol. The van der Waals surface area contributed by atoms with Gasteiger partial charge in [-0.15, -0.1) is 0 Å².